The fraction of sp³-hybridized carbons (Fsp3) is 0.323. The van der Waals surface area contributed by atoms with Gasteiger partial charge >= 0.3 is 5.69 Å². The number of imidazole rings is 1. The Kier molecular flexibility index (Phi) is 7.21. The molecule has 4 aromatic rings. The SMILES string of the molecule is CN(C1COC1)C(C)(C)C=C(C#N)C(=O)N1CC(n2c(=O)n(-c3ccc(Oc4ccccc4)cc3)c3c(N)ncnc32)C1. The van der Waals surface area contributed by atoms with E-state index < -0.39 is 5.54 Å². The van der Waals surface area contributed by atoms with Gasteiger partial charge in [0.1, 0.15) is 35.0 Å². The molecule has 2 aromatic carbocycles. The van der Waals surface area contributed by atoms with Gasteiger partial charge in [-0.3, -0.25) is 18.8 Å². The third-order valence-corrected chi connectivity index (χ3v) is 8.19. The molecule has 0 bridgehead atoms. The van der Waals surface area contributed by atoms with E-state index in [0.29, 0.717) is 41.6 Å². The maximum atomic E-state index is 13.9. The molecule has 2 N–H and O–H groups in total. The molecule has 2 aromatic heterocycles. The van der Waals surface area contributed by atoms with E-state index in [-0.39, 0.29) is 48.2 Å². The Balaban J connectivity index is 1.25. The monoisotopic (exact) mass is 580 g/mol. The number of amides is 1. The quantitative estimate of drug-likeness (QED) is 0.246. The number of aromatic nitrogens is 4. The molecule has 2 saturated heterocycles. The second-order valence-electron chi connectivity index (χ2n) is 11.3. The molecule has 0 unspecified atom stereocenters. The highest BCUT2D eigenvalue weighted by Gasteiger charge is 2.38. The Hall–Kier alpha value is -4.99. The minimum Gasteiger partial charge on any atom is -0.457 e. The van der Waals surface area contributed by atoms with Gasteiger partial charge in [-0.15, -0.1) is 0 Å². The first-order valence-electron chi connectivity index (χ1n) is 14.0. The highest BCUT2D eigenvalue weighted by Crippen LogP contribution is 2.30. The lowest BCUT2D eigenvalue weighted by atomic mass is 9.95. The molecule has 220 valence electrons. The van der Waals surface area contributed by atoms with Gasteiger partial charge < -0.3 is 20.1 Å². The molecule has 12 nitrogen and oxygen atoms in total. The van der Waals surface area contributed by atoms with Gasteiger partial charge in [0.2, 0.25) is 0 Å². The summed E-state index contributed by atoms with van der Waals surface area (Å²) in [6.45, 7) is 5.68. The Morgan fingerprint density at radius 1 is 1.12 bits per heavy atom. The molecule has 2 aliphatic heterocycles. The topological polar surface area (TPSA) is 145 Å². The molecule has 0 aliphatic carbocycles. The first kappa shape index (κ1) is 28.1. The summed E-state index contributed by atoms with van der Waals surface area (Å²) in [5.74, 6) is 1.10. The number of ether oxygens (including phenoxy) is 2. The molecule has 0 radical (unpaired) electrons. The maximum absolute atomic E-state index is 13.9. The van der Waals surface area contributed by atoms with Gasteiger partial charge in [-0.05, 0) is 63.4 Å². The van der Waals surface area contributed by atoms with Crippen LogP contribution in [0.3, 0.4) is 0 Å². The molecule has 6 rings (SSSR count). The summed E-state index contributed by atoms with van der Waals surface area (Å²) in [5, 5.41) is 9.84. The van der Waals surface area contributed by atoms with Gasteiger partial charge in [0.15, 0.2) is 11.5 Å². The summed E-state index contributed by atoms with van der Waals surface area (Å²) in [5.41, 5.74) is 6.77. The molecule has 43 heavy (non-hydrogen) atoms. The maximum Gasteiger partial charge on any atom is 0.335 e. The van der Waals surface area contributed by atoms with E-state index in [2.05, 4.69) is 20.9 Å². The Morgan fingerprint density at radius 2 is 1.79 bits per heavy atom. The number of carbonyl (C=O) groups is 1. The van der Waals surface area contributed by atoms with Gasteiger partial charge in [0.25, 0.3) is 5.91 Å². The zero-order chi connectivity index (χ0) is 30.3. The third kappa shape index (κ3) is 5.13. The molecular weight excluding hydrogens is 548 g/mol. The van der Waals surface area contributed by atoms with Crippen LogP contribution in [0.4, 0.5) is 5.82 Å². The number of anilines is 1. The first-order chi connectivity index (χ1) is 20.7. The number of likely N-dealkylation sites (N-methyl/N-ethyl adjacent to an activating group) is 1. The van der Waals surface area contributed by atoms with E-state index in [1.807, 2.05) is 51.2 Å². The van der Waals surface area contributed by atoms with Crippen molar-refractivity contribution in [3.05, 3.63) is 83.1 Å². The molecule has 12 heteroatoms. The average Bonchev–Trinajstić information content (AvgIpc) is 3.23. The van der Waals surface area contributed by atoms with Crippen molar-refractivity contribution < 1.29 is 14.3 Å². The summed E-state index contributed by atoms with van der Waals surface area (Å²) in [6, 6.07) is 18.4. The third-order valence-electron chi connectivity index (χ3n) is 8.19. The van der Waals surface area contributed by atoms with Crippen LogP contribution >= 0.6 is 0 Å². The van der Waals surface area contributed by atoms with E-state index in [0.717, 1.165) is 0 Å². The van der Waals surface area contributed by atoms with Crippen LogP contribution in [-0.4, -0.2) is 79.7 Å². The van der Waals surface area contributed by atoms with Crippen molar-refractivity contribution in [1.82, 2.24) is 28.9 Å². The predicted octanol–water partition coefficient (Wildman–Crippen LogP) is 2.90. The molecule has 0 atom stereocenters. The minimum absolute atomic E-state index is 0.0645. The number of likely N-dealkylation sites (tertiary alicyclic amines) is 1. The number of benzene rings is 2. The molecule has 1 amide bonds. The first-order valence-corrected chi connectivity index (χ1v) is 14.0. The number of hydrogen-bond donors (Lipinski definition) is 1. The van der Waals surface area contributed by atoms with Crippen LogP contribution in [0.1, 0.15) is 19.9 Å². The number of nitrogen functional groups attached to an aromatic ring is 1. The van der Waals surface area contributed by atoms with E-state index in [1.54, 1.807) is 39.8 Å². The molecule has 2 aliphatic rings. The second-order valence-corrected chi connectivity index (χ2v) is 11.3. The van der Waals surface area contributed by atoms with Gasteiger partial charge in [-0.25, -0.2) is 14.8 Å². The average molecular weight is 581 g/mol. The Morgan fingerprint density at radius 3 is 2.42 bits per heavy atom. The standard InChI is InChI=1S/C31H32N8O4/c1-31(2,36(3)23-17-42-18-23)13-20(14-32)29(40)37-15-22(16-37)39-28-26(27(33)34-19-35-28)38(30(39)41)21-9-11-25(12-10-21)43-24-7-5-4-6-8-24/h4-13,19,22-23H,15-18H2,1-3H3,(H2,33,34,35). The van der Waals surface area contributed by atoms with E-state index >= 15 is 0 Å². The van der Waals surface area contributed by atoms with Gasteiger partial charge in [-0.1, -0.05) is 18.2 Å². The van der Waals surface area contributed by atoms with Crippen molar-refractivity contribution in [2.24, 2.45) is 0 Å². The zero-order valence-corrected chi connectivity index (χ0v) is 24.2. The van der Waals surface area contributed by atoms with Crippen molar-refractivity contribution >= 4 is 22.9 Å². The van der Waals surface area contributed by atoms with Gasteiger partial charge in [0.05, 0.1) is 31.0 Å². The lowest BCUT2D eigenvalue weighted by molar-refractivity contribution is -0.132. The molecule has 2 fully saturated rings. The number of rotatable bonds is 8. The summed E-state index contributed by atoms with van der Waals surface area (Å²) >= 11 is 0. The summed E-state index contributed by atoms with van der Waals surface area (Å²) in [7, 11) is 1.96. The van der Waals surface area contributed by atoms with Crippen LogP contribution in [0.25, 0.3) is 16.9 Å². The number of hydrogen-bond acceptors (Lipinski definition) is 9. The second kappa shape index (κ2) is 11.0. The predicted molar refractivity (Wildman–Crippen MR) is 160 cm³/mol. The molecule has 0 spiro atoms. The summed E-state index contributed by atoms with van der Waals surface area (Å²) in [6.07, 6.45) is 3.02. The molecule has 0 saturated carbocycles. The van der Waals surface area contributed by atoms with Crippen LogP contribution in [0, 0.1) is 11.3 Å². The number of nitrogens with zero attached hydrogens (tertiary/aromatic N) is 7. The number of fused-ring (bicyclic) bond motifs is 1. The van der Waals surface area contributed by atoms with E-state index in [9.17, 15) is 14.9 Å². The van der Waals surface area contributed by atoms with Crippen molar-refractivity contribution in [2.75, 3.05) is 39.1 Å². The largest absolute Gasteiger partial charge is 0.457 e. The number of nitriles is 1. The molecular formula is C31H32N8O4. The highest BCUT2D eigenvalue weighted by atomic mass is 16.5. The van der Waals surface area contributed by atoms with Crippen LogP contribution in [0.15, 0.2) is 77.4 Å². The van der Waals surface area contributed by atoms with E-state index in [4.69, 9.17) is 15.2 Å². The molecule has 4 heterocycles. The van der Waals surface area contributed by atoms with Crippen molar-refractivity contribution in [3.63, 3.8) is 0 Å². The fourth-order valence-electron chi connectivity index (χ4n) is 5.39. The number of nitrogens with two attached hydrogens (primary N) is 1. The Bertz CT molecular complexity index is 1790. The minimum atomic E-state index is -0.528. The van der Waals surface area contributed by atoms with Crippen LogP contribution in [-0.2, 0) is 9.53 Å². The van der Waals surface area contributed by atoms with Crippen LogP contribution in [0.2, 0.25) is 0 Å². The van der Waals surface area contributed by atoms with Gasteiger partial charge in [-0.2, -0.15) is 5.26 Å². The zero-order valence-electron chi connectivity index (χ0n) is 24.2. The van der Waals surface area contributed by atoms with Gasteiger partial charge in [0, 0.05) is 18.6 Å². The van der Waals surface area contributed by atoms with Crippen molar-refractivity contribution in [3.8, 4) is 23.3 Å². The summed E-state index contributed by atoms with van der Waals surface area (Å²) in [4.78, 5) is 39.4. The summed E-state index contributed by atoms with van der Waals surface area (Å²) < 4.78 is 14.2. The Labute approximate surface area is 248 Å². The highest BCUT2D eigenvalue weighted by molar-refractivity contribution is 5.98. The lowest BCUT2D eigenvalue weighted by Crippen LogP contribution is -2.56. The van der Waals surface area contributed by atoms with Crippen LogP contribution in [0.5, 0.6) is 11.5 Å². The lowest BCUT2D eigenvalue weighted by Gasteiger charge is -2.43. The normalized spacial score (nSPS) is 16.2. The van der Waals surface area contributed by atoms with Crippen LogP contribution < -0.4 is 16.2 Å². The number of carbonyl (C=O) groups excluding carboxylic acids is 1. The smallest absolute Gasteiger partial charge is 0.335 e. The van der Waals surface area contributed by atoms with Crippen molar-refractivity contribution in [1.29, 1.82) is 5.26 Å². The van der Waals surface area contributed by atoms with E-state index in [1.165, 1.54) is 10.9 Å². The fourth-order valence-corrected chi connectivity index (χ4v) is 5.39. The number of para-hydroxylation sites is 1. The van der Waals surface area contributed by atoms with Crippen molar-refractivity contribution in [2.45, 2.75) is 31.5 Å².